The van der Waals surface area contributed by atoms with Crippen molar-refractivity contribution in [3.05, 3.63) is 66.0 Å². The summed E-state index contributed by atoms with van der Waals surface area (Å²) in [6.45, 7) is 5.87. The van der Waals surface area contributed by atoms with Crippen LogP contribution >= 0.6 is 53.8 Å². The van der Waals surface area contributed by atoms with E-state index in [1.54, 1.807) is 9.36 Å². The number of terminal acetylenes is 1. The molecule has 7 rings (SSSR count). The van der Waals surface area contributed by atoms with Crippen molar-refractivity contribution in [1.29, 1.82) is 0 Å². The van der Waals surface area contributed by atoms with E-state index >= 15 is 0 Å². The summed E-state index contributed by atoms with van der Waals surface area (Å²) in [7, 11) is -3.71. The number of benzene rings is 2. The minimum absolute atomic E-state index is 0.0370. The van der Waals surface area contributed by atoms with Gasteiger partial charge in [0.25, 0.3) is 5.91 Å². The second kappa shape index (κ2) is 23.2. The Morgan fingerprint density at radius 2 is 1.70 bits per heavy atom. The van der Waals surface area contributed by atoms with Crippen LogP contribution in [-0.4, -0.2) is 102 Å². The van der Waals surface area contributed by atoms with E-state index in [4.69, 9.17) is 37.9 Å². The molecule has 26 heteroatoms. The number of hydrogen-bond acceptors (Lipinski definition) is 14. The van der Waals surface area contributed by atoms with Gasteiger partial charge in [0.05, 0.1) is 54.6 Å². The third-order valence-corrected chi connectivity index (χ3v) is 12.2. The summed E-state index contributed by atoms with van der Waals surface area (Å²) in [5, 5.41) is 18.9. The Morgan fingerprint density at radius 1 is 1.08 bits per heavy atom. The van der Waals surface area contributed by atoms with Crippen molar-refractivity contribution in [2.45, 2.75) is 57.6 Å². The number of carbonyl (C=O) groups excluding carboxylic acids is 1. The minimum atomic E-state index is -4.35. The summed E-state index contributed by atoms with van der Waals surface area (Å²) in [5.74, 6) is -0.0433. The molecule has 3 aliphatic rings. The van der Waals surface area contributed by atoms with Crippen LogP contribution in [0.1, 0.15) is 32.5 Å². The second-order valence-corrected chi connectivity index (χ2v) is 22.3. The Kier molecular flexibility index (Phi) is 19.0. The molecule has 4 aromatic rings. The van der Waals surface area contributed by atoms with Crippen molar-refractivity contribution in [3.63, 3.8) is 0 Å². The molecule has 0 saturated carbocycles. The number of halogens is 3. The summed E-state index contributed by atoms with van der Waals surface area (Å²) in [5.41, 5.74) is 0.715. The molecule has 0 bridgehead atoms. The maximum atomic E-state index is 14.5. The van der Waals surface area contributed by atoms with Crippen molar-refractivity contribution < 1.29 is 52.5 Å². The van der Waals surface area contributed by atoms with Gasteiger partial charge in [-0.15, -0.1) is 18.2 Å². The first-order valence-electron chi connectivity index (χ1n) is 18.9. The molecule has 0 aliphatic carbocycles. The van der Waals surface area contributed by atoms with Crippen LogP contribution in [0.3, 0.4) is 0 Å². The second-order valence-electron chi connectivity index (χ2n) is 15.1. The maximum Gasteiger partial charge on any atom is 0.325 e. The monoisotopic (exact) mass is 1010 g/mol. The Morgan fingerprint density at radius 3 is 2.33 bits per heavy atom. The Labute approximate surface area is 386 Å². The summed E-state index contributed by atoms with van der Waals surface area (Å²) in [6.07, 6.45) is 14.0. The first-order valence-corrected chi connectivity index (χ1v) is 26.1. The summed E-state index contributed by atoms with van der Waals surface area (Å²) < 4.78 is 53.8. The number of fused-ring (bicyclic) bond motifs is 3. The van der Waals surface area contributed by atoms with Crippen molar-refractivity contribution in [3.8, 4) is 18.1 Å². The van der Waals surface area contributed by atoms with Gasteiger partial charge in [0.15, 0.2) is 12.4 Å². The Balaban J connectivity index is 0.000000218. The van der Waals surface area contributed by atoms with Crippen LogP contribution in [-0.2, 0) is 55.9 Å². The Hall–Kier alpha value is -4.31. The zero-order valence-corrected chi connectivity index (χ0v) is 40.1. The highest BCUT2D eigenvalue weighted by Crippen LogP contribution is 2.38. The quantitative estimate of drug-likeness (QED) is 0.0769. The van der Waals surface area contributed by atoms with Gasteiger partial charge >= 0.3 is 16.8 Å². The highest BCUT2D eigenvalue weighted by molar-refractivity contribution is 8.00. The van der Waals surface area contributed by atoms with Gasteiger partial charge < -0.3 is 33.9 Å². The number of aliphatic carboxylic acids is 2. The fourth-order valence-electron chi connectivity index (χ4n) is 5.92. The molecule has 1 atom stereocenters. The molecule has 1 amide bonds. The number of thioether (sulfide) groups is 1. The molecule has 0 spiro atoms. The van der Waals surface area contributed by atoms with Crippen LogP contribution < -0.4 is 34.3 Å². The molecule has 2 aromatic heterocycles. The summed E-state index contributed by atoms with van der Waals surface area (Å²) in [4.78, 5) is 74.0. The van der Waals surface area contributed by atoms with Gasteiger partial charge in [0.1, 0.15) is 36.4 Å². The molecular weight excluding hydrogens is 961 g/mol. The van der Waals surface area contributed by atoms with Crippen LogP contribution in [0, 0.1) is 29.4 Å². The summed E-state index contributed by atoms with van der Waals surface area (Å²) in [6, 6.07) is 5.28. The number of rotatable bonds is 10. The normalized spacial score (nSPS) is 16.0. The van der Waals surface area contributed by atoms with E-state index in [2.05, 4.69) is 52.9 Å². The fourth-order valence-corrected chi connectivity index (χ4v) is 8.95. The van der Waals surface area contributed by atoms with E-state index in [0.29, 0.717) is 49.9 Å². The standard InChI is InChI=1S/C18H17FN4O2S.C14H13ClFN3O3S2.C3H8NO5P.C3H9S/c1-4-5-22-13-7-12(11(19)6-14(13)25-9-16(22)24)20-17-23-10-18(2,3)8-15(23)21-26-17;15-8-5-9(16)10(6-11(8)23-7-12(20)21)17-13-18-3-1-2-4-19(18)14(22)24-13;5-3(6)1-4-2-10(7,8)9;1-4(2)3/h1,6-7H,5,8-10H2,2-3H3;5-6H,1-4,7H2,(H,20,21);4H,1-2H2,(H,5,6)(H2,7,8,9);1-3H3/q;;;+1/p-1/b20-17-;;;. The third-order valence-electron chi connectivity index (χ3n) is 8.48. The van der Waals surface area contributed by atoms with E-state index in [1.807, 2.05) is 9.88 Å². The van der Waals surface area contributed by atoms with Crippen LogP contribution in [0.5, 0.6) is 5.75 Å². The van der Waals surface area contributed by atoms with E-state index in [0.717, 1.165) is 60.8 Å². The van der Waals surface area contributed by atoms with Gasteiger partial charge in [-0.2, -0.15) is 4.37 Å². The van der Waals surface area contributed by atoms with Gasteiger partial charge in [0.2, 0.25) is 9.60 Å². The number of aromatic nitrogens is 4. The lowest BCUT2D eigenvalue weighted by Gasteiger charge is -2.28. The zero-order valence-electron chi connectivity index (χ0n) is 35.2. The lowest BCUT2D eigenvalue weighted by molar-refractivity contribution is -0.193. The highest BCUT2D eigenvalue weighted by Gasteiger charge is 2.31. The van der Waals surface area contributed by atoms with Gasteiger partial charge in [-0.25, -0.2) is 23.4 Å². The molecule has 18 nitrogen and oxygen atoms in total. The number of anilines is 1. The topological polar surface area (TPSA) is 246 Å². The first-order chi connectivity index (χ1) is 30.0. The van der Waals surface area contributed by atoms with Crippen LogP contribution in [0.4, 0.5) is 25.8 Å². The molecule has 5 heterocycles. The molecule has 0 radical (unpaired) electrons. The minimum Gasteiger partial charge on any atom is -0.778 e. The number of nitrogens with zero attached hydrogens (tertiary/aromatic N) is 7. The van der Waals surface area contributed by atoms with E-state index in [9.17, 15) is 37.4 Å². The van der Waals surface area contributed by atoms with Crippen LogP contribution in [0.25, 0.3) is 0 Å². The smallest absolute Gasteiger partial charge is 0.325 e. The number of carboxylic acid groups (broad SMARTS) is 2. The zero-order chi connectivity index (χ0) is 47.5. The SMILES string of the molecule is C#CCN1C(=O)COc2cc(F)c(/N=c3\snc4n3CC(C)(C)C4)cc21.C[S+](C)C.O=C(O)CNCP(=O)([O-])O.O=C(O)CSc1cc(N=c2sc(=O)n3n2CCCC3)c(F)cc1Cl. The van der Waals surface area contributed by atoms with Gasteiger partial charge in [-0.05, 0) is 58.7 Å². The molecule has 4 N–H and O–H groups in total. The number of ether oxygens (including phenoxy) is 1. The number of carboxylic acids is 2. The molecule has 0 saturated heterocycles. The lowest BCUT2D eigenvalue weighted by Crippen LogP contribution is -2.39. The van der Waals surface area contributed by atoms with Crippen molar-refractivity contribution >= 4 is 99.6 Å². The molecule has 2 aromatic carbocycles. The lowest BCUT2D eigenvalue weighted by atomic mass is 9.92. The van der Waals surface area contributed by atoms with Gasteiger partial charge in [-0.3, -0.25) is 34.1 Å². The predicted octanol–water partition coefficient (Wildman–Crippen LogP) is 3.62. The van der Waals surface area contributed by atoms with E-state index < -0.39 is 44.0 Å². The molecule has 3 aliphatic heterocycles. The predicted molar refractivity (Wildman–Crippen MR) is 242 cm³/mol. The average molecular weight is 1010 g/mol. The Bertz CT molecular complexity index is 2650. The van der Waals surface area contributed by atoms with Crippen LogP contribution in [0.2, 0.25) is 5.02 Å². The van der Waals surface area contributed by atoms with E-state index in [-0.39, 0.29) is 51.5 Å². The fraction of sp³-hybridized carbons (Fsp3) is 0.447. The average Bonchev–Trinajstić information content (AvgIpc) is 3.82. The largest absolute Gasteiger partial charge is 0.778 e. The number of hydrogen-bond donors (Lipinski definition) is 4. The number of amides is 1. The van der Waals surface area contributed by atoms with Crippen LogP contribution in [0.15, 0.2) is 43.9 Å². The van der Waals surface area contributed by atoms with Crippen molar-refractivity contribution in [1.82, 2.24) is 23.6 Å². The summed E-state index contributed by atoms with van der Waals surface area (Å²) >= 11 is 9.16. The highest BCUT2D eigenvalue weighted by atomic mass is 35.5. The van der Waals surface area contributed by atoms with Crippen molar-refractivity contribution in [2.24, 2.45) is 15.4 Å². The first kappa shape index (κ1) is 52.3. The number of carbonyl (C=O) groups is 3. The molecule has 64 heavy (non-hydrogen) atoms. The van der Waals surface area contributed by atoms with E-state index in [1.165, 1.54) is 34.6 Å². The third kappa shape index (κ3) is 15.4. The molecule has 348 valence electrons. The molecule has 0 fully saturated rings. The van der Waals surface area contributed by atoms with Gasteiger partial charge in [-0.1, -0.05) is 31.4 Å². The number of nitrogens with one attached hydrogen (secondary N) is 1. The molecule has 1 unspecified atom stereocenters. The maximum absolute atomic E-state index is 14.5. The molecular formula is C38H46ClF2N8O10PS4. The van der Waals surface area contributed by atoms with Gasteiger partial charge in [0, 0.05) is 48.5 Å². The van der Waals surface area contributed by atoms with Crippen molar-refractivity contribution in [2.75, 3.05) is 55.4 Å².